The third-order valence-electron chi connectivity index (χ3n) is 4.57. The average molecular weight is 386 g/mol. The Morgan fingerprint density at radius 1 is 1.07 bits per heavy atom. The van der Waals surface area contributed by atoms with Crippen LogP contribution >= 0.6 is 0 Å². The zero-order chi connectivity index (χ0) is 20.5. The molecule has 0 bridgehead atoms. The average Bonchev–Trinajstić information content (AvgIpc) is 2.71. The zero-order valence-corrected chi connectivity index (χ0v) is 16.5. The number of nitrogens with zero attached hydrogens (tertiary/aromatic N) is 1. The lowest BCUT2D eigenvalue weighted by Crippen LogP contribution is -2.50. The molecule has 1 N–H and O–H groups in total. The molecular formula is C22H27FN2O3. The van der Waals surface area contributed by atoms with Crippen molar-refractivity contribution in [1.29, 1.82) is 0 Å². The molecule has 2 atom stereocenters. The lowest BCUT2D eigenvalue weighted by molar-refractivity contribution is -0.142. The summed E-state index contributed by atoms with van der Waals surface area (Å²) in [5.74, 6) is -0.533. The van der Waals surface area contributed by atoms with Crippen LogP contribution in [0.1, 0.15) is 32.8 Å². The molecule has 0 fully saturated rings. The van der Waals surface area contributed by atoms with Crippen molar-refractivity contribution in [2.75, 3.05) is 6.61 Å². The summed E-state index contributed by atoms with van der Waals surface area (Å²) >= 11 is 0. The molecule has 150 valence electrons. The van der Waals surface area contributed by atoms with Crippen LogP contribution in [-0.4, -0.2) is 35.4 Å². The Labute approximate surface area is 165 Å². The Kier molecular flexibility index (Phi) is 7.99. The highest BCUT2D eigenvalue weighted by Gasteiger charge is 2.27. The quantitative estimate of drug-likeness (QED) is 0.717. The number of ether oxygens (including phenoxy) is 1. The molecule has 0 aliphatic carbocycles. The summed E-state index contributed by atoms with van der Waals surface area (Å²) in [6.45, 7) is 5.24. The van der Waals surface area contributed by atoms with Crippen LogP contribution in [0.2, 0.25) is 0 Å². The number of hydrogen-bond acceptors (Lipinski definition) is 3. The maximum absolute atomic E-state index is 14.1. The van der Waals surface area contributed by atoms with Crippen molar-refractivity contribution in [2.45, 2.75) is 45.8 Å². The van der Waals surface area contributed by atoms with Crippen LogP contribution in [0.3, 0.4) is 0 Å². The van der Waals surface area contributed by atoms with Gasteiger partial charge in [0, 0.05) is 18.2 Å². The number of rotatable bonds is 9. The standard InChI is InChI=1S/C22H27FN2O3/c1-4-16(2)24-22(27)17(3)25(14-18-10-8-9-13-20(18)23)21(26)15-28-19-11-6-5-7-12-19/h5-13,16-17H,4,14-15H2,1-3H3,(H,24,27). The first-order valence-electron chi connectivity index (χ1n) is 9.43. The van der Waals surface area contributed by atoms with E-state index in [2.05, 4.69) is 5.32 Å². The molecule has 5 nitrogen and oxygen atoms in total. The van der Waals surface area contributed by atoms with Crippen LogP contribution in [0.15, 0.2) is 54.6 Å². The highest BCUT2D eigenvalue weighted by atomic mass is 19.1. The maximum atomic E-state index is 14.1. The predicted octanol–water partition coefficient (Wildman–Crippen LogP) is 3.54. The SMILES string of the molecule is CCC(C)NC(=O)C(C)N(Cc1ccccc1F)C(=O)COc1ccccc1. The third kappa shape index (κ3) is 6.08. The van der Waals surface area contributed by atoms with Crippen molar-refractivity contribution in [3.63, 3.8) is 0 Å². The normalized spacial score (nSPS) is 12.7. The topological polar surface area (TPSA) is 58.6 Å². The molecule has 0 saturated heterocycles. The second-order valence-electron chi connectivity index (χ2n) is 6.71. The summed E-state index contributed by atoms with van der Waals surface area (Å²) in [7, 11) is 0. The first-order valence-corrected chi connectivity index (χ1v) is 9.43. The van der Waals surface area contributed by atoms with E-state index in [-0.39, 0.29) is 31.0 Å². The largest absolute Gasteiger partial charge is 0.484 e. The highest BCUT2D eigenvalue weighted by molar-refractivity contribution is 5.88. The fourth-order valence-electron chi connectivity index (χ4n) is 2.60. The molecule has 2 rings (SSSR count). The van der Waals surface area contributed by atoms with Crippen molar-refractivity contribution < 1.29 is 18.7 Å². The molecule has 0 heterocycles. The summed E-state index contributed by atoms with van der Waals surface area (Å²) in [5.41, 5.74) is 0.346. The number of carbonyl (C=O) groups excluding carboxylic acids is 2. The fraction of sp³-hybridized carbons (Fsp3) is 0.364. The Morgan fingerprint density at radius 3 is 2.36 bits per heavy atom. The van der Waals surface area contributed by atoms with Gasteiger partial charge in [-0.1, -0.05) is 43.3 Å². The molecule has 2 amide bonds. The fourth-order valence-corrected chi connectivity index (χ4v) is 2.60. The van der Waals surface area contributed by atoms with Crippen molar-refractivity contribution in [3.8, 4) is 5.75 Å². The predicted molar refractivity (Wildman–Crippen MR) is 106 cm³/mol. The molecule has 0 radical (unpaired) electrons. The molecule has 2 aromatic carbocycles. The molecule has 2 unspecified atom stereocenters. The van der Waals surface area contributed by atoms with Gasteiger partial charge in [0.1, 0.15) is 17.6 Å². The van der Waals surface area contributed by atoms with E-state index >= 15 is 0 Å². The van der Waals surface area contributed by atoms with E-state index in [4.69, 9.17) is 4.74 Å². The number of benzene rings is 2. The molecule has 0 aromatic heterocycles. The summed E-state index contributed by atoms with van der Waals surface area (Å²) in [5, 5.41) is 2.87. The molecule has 0 spiro atoms. The minimum Gasteiger partial charge on any atom is -0.484 e. The smallest absolute Gasteiger partial charge is 0.261 e. The van der Waals surface area contributed by atoms with Gasteiger partial charge in [0.15, 0.2) is 6.61 Å². The third-order valence-corrected chi connectivity index (χ3v) is 4.57. The lowest BCUT2D eigenvalue weighted by atomic mass is 10.1. The molecule has 28 heavy (non-hydrogen) atoms. The van der Waals surface area contributed by atoms with Gasteiger partial charge in [0.2, 0.25) is 5.91 Å². The van der Waals surface area contributed by atoms with Gasteiger partial charge in [-0.3, -0.25) is 9.59 Å². The monoisotopic (exact) mass is 386 g/mol. The van der Waals surface area contributed by atoms with E-state index in [0.29, 0.717) is 11.3 Å². The molecule has 0 saturated carbocycles. The lowest BCUT2D eigenvalue weighted by Gasteiger charge is -2.29. The van der Waals surface area contributed by atoms with Gasteiger partial charge < -0.3 is 15.0 Å². The van der Waals surface area contributed by atoms with E-state index in [1.807, 2.05) is 19.9 Å². The molecule has 6 heteroatoms. The van der Waals surface area contributed by atoms with Gasteiger partial charge >= 0.3 is 0 Å². The van der Waals surface area contributed by atoms with Gasteiger partial charge in [-0.15, -0.1) is 0 Å². The van der Waals surface area contributed by atoms with E-state index in [1.165, 1.54) is 11.0 Å². The minimum absolute atomic E-state index is 0.0130. The molecule has 2 aromatic rings. The minimum atomic E-state index is -0.763. The zero-order valence-electron chi connectivity index (χ0n) is 16.5. The van der Waals surface area contributed by atoms with Gasteiger partial charge in [-0.2, -0.15) is 0 Å². The van der Waals surface area contributed by atoms with Crippen LogP contribution < -0.4 is 10.1 Å². The van der Waals surface area contributed by atoms with Crippen molar-refractivity contribution in [1.82, 2.24) is 10.2 Å². The Morgan fingerprint density at radius 2 is 1.71 bits per heavy atom. The van der Waals surface area contributed by atoms with Crippen molar-refractivity contribution >= 4 is 11.8 Å². The van der Waals surface area contributed by atoms with E-state index in [0.717, 1.165) is 6.42 Å². The van der Waals surface area contributed by atoms with Gasteiger partial charge in [-0.05, 0) is 38.5 Å². The summed E-state index contributed by atoms with van der Waals surface area (Å²) in [4.78, 5) is 26.7. The maximum Gasteiger partial charge on any atom is 0.261 e. The number of nitrogens with one attached hydrogen (secondary N) is 1. The summed E-state index contributed by atoms with van der Waals surface area (Å²) < 4.78 is 19.7. The van der Waals surface area contributed by atoms with E-state index < -0.39 is 11.9 Å². The molecular weight excluding hydrogens is 359 g/mol. The van der Waals surface area contributed by atoms with Crippen LogP contribution in [0.25, 0.3) is 0 Å². The number of hydrogen-bond donors (Lipinski definition) is 1. The first kappa shape index (κ1) is 21.4. The Balaban J connectivity index is 2.15. The van der Waals surface area contributed by atoms with Gasteiger partial charge in [0.05, 0.1) is 0 Å². The van der Waals surface area contributed by atoms with Crippen LogP contribution in [0.4, 0.5) is 4.39 Å². The van der Waals surface area contributed by atoms with E-state index in [1.54, 1.807) is 49.4 Å². The Bertz CT molecular complexity index is 782. The second kappa shape index (κ2) is 10.4. The second-order valence-corrected chi connectivity index (χ2v) is 6.71. The molecule has 0 aliphatic rings. The van der Waals surface area contributed by atoms with Crippen LogP contribution in [-0.2, 0) is 16.1 Å². The van der Waals surface area contributed by atoms with Gasteiger partial charge in [0.25, 0.3) is 5.91 Å². The number of carbonyl (C=O) groups is 2. The number of para-hydroxylation sites is 1. The van der Waals surface area contributed by atoms with Crippen molar-refractivity contribution in [3.05, 3.63) is 66.0 Å². The first-order chi connectivity index (χ1) is 13.4. The van der Waals surface area contributed by atoms with Gasteiger partial charge in [-0.25, -0.2) is 4.39 Å². The number of amides is 2. The van der Waals surface area contributed by atoms with Crippen LogP contribution in [0.5, 0.6) is 5.75 Å². The number of halogens is 1. The Hall–Kier alpha value is -2.89. The summed E-state index contributed by atoms with van der Waals surface area (Å²) in [6, 6.07) is 14.4. The van der Waals surface area contributed by atoms with Crippen LogP contribution in [0, 0.1) is 5.82 Å². The van der Waals surface area contributed by atoms with E-state index in [9.17, 15) is 14.0 Å². The molecule has 0 aliphatic heterocycles. The summed E-state index contributed by atoms with van der Waals surface area (Å²) in [6.07, 6.45) is 0.775. The van der Waals surface area contributed by atoms with Crippen molar-refractivity contribution in [2.24, 2.45) is 0 Å². The highest BCUT2D eigenvalue weighted by Crippen LogP contribution is 2.15.